The van der Waals surface area contributed by atoms with Crippen LogP contribution in [0.4, 0.5) is 0 Å². The first-order chi connectivity index (χ1) is 9.15. The van der Waals surface area contributed by atoms with Gasteiger partial charge in [0.2, 0.25) is 5.91 Å². The summed E-state index contributed by atoms with van der Waals surface area (Å²) in [6.07, 6.45) is 8.89. The van der Waals surface area contributed by atoms with Crippen molar-refractivity contribution in [3.05, 3.63) is 18.7 Å². The van der Waals surface area contributed by atoms with E-state index in [4.69, 9.17) is 5.11 Å². The molecule has 0 aromatic carbocycles. The number of carbonyl (C=O) groups is 2. The molecule has 1 heterocycles. The van der Waals surface area contributed by atoms with Crippen molar-refractivity contribution >= 4 is 11.9 Å². The molecule has 0 radical (unpaired) electrons. The summed E-state index contributed by atoms with van der Waals surface area (Å²) in [5.41, 5.74) is -1.15. The normalized spacial score (nSPS) is 16.6. The zero-order valence-corrected chi connectivity index (χ0v) is 10.8. The number of aliphatic carboxylic acids is 1. The monoisotopic (exact) mass is 265 g/mol. The minimum atomic E-state index is -1.15. The van der Waals surface area contributed by atoms with E-state index in [1.165, 1.54) is 0 Å². The molecule has 0 atom stereocenters. The quantitative estimate of drug-likeness (QED) is 0.570. The van der Waals surface area contributed by atoms with Crippen LogP contribution in [-0.2, 0) is 16.1 Å². The number of unbranched alkanes of at least 4 members (excludes halogenated alkanes) is 1. The number of carboxylic acid groups (broad SMARTS) is 1. The van der Waals surface area contributed by atoms with Crippen molar-refractivity contribution in [2.75, 3.05) is 6.54 Å². The van der Waals surface area contributed by atoms with E-state index in [1.807, 2.05) is 10.8 Å². The van der Waals surface area contributed by atoms with Crippen LogP contribution >= 0.6 is 0 Å². The highest BCUT2D eigenvalue weighted by Crippen LogP contribution is 2.41. The zero-order chi connectivity index (χ0) is 13.7. The molecule has 2 N–H and O–H groups in total. The SMILES string of the molecule is O=C(O)C1(C(=O)NCCCCn2ccnc2)CCC1. The second kappa shape index (κ2) is 5.86. The predicted molar refractivity (Wildman–Crippen MR) is 68.4 cm³/mol. The van der Waals surface area contributed by atoms with Gasteiger partial charge in [-0.25, -0.2) is 4.98 Å². The number of imidazole rings is 1. The highest BCUT2D eigenvalue weighted by molar-refractivity contribution is 6.02. The molecule has 2 rings (SSSR count). The molecule has 0 aliphatic heterocycles. The van der Waals surface area contributed by atoms with E-state index in [-0.39, 0.29) is 5.91 Å². The maximum atomic E-state index is 11.9. The third-order valence-corrected chi connectivity index (χ3v) is 3.74. The lowest BCUT2D eigenvalue weighted by atomic mass is 9.68. The molecule has 1 aliphatic rings. The van der Waals surface area contributed by atoms with Gasteiger partial charge in [-0.15, -0.1) is 0 Å². The Labute approximate surface area is 111 Å². The Hall–Kier alpha value is -1.85. The summed E-state index contributed by atoms with van der Waals surface area (Å²) in [6, 6.07) is 0. The van der Waals surface area contributed by atoms with Gasteiger partial charge in [-0.2, -0.15) is 0 Å². The number of aryl methyl sites for hydroxylation is 1. The minimum absolute atomic E-state index is 0.325. The van der Waals surface area contributed by atoms with Gasteiger partial charge in [0, 0.05) is 25.5 Å². The van der Waals surface area contributed by atoms with Crippen LogP contribution in [0.3, 0.4) is 0 Å². The molecule has 1 amide bonds. The number of hydrogen-bond donors (Lipinski definition) is 2. The fourth-order valence-corrected chi connectivity index (χ4v) is 2.28. The number of aromatic nitrogens is 2. The van der Waals surface area contributed by atoms with Gasteiger partial charge in [0.1, 0.15) is 5.41 Å². The molecule has 1 fully saturated rings. The second-order valence-electron chi connectivity index (χ2n) is 5.00. The van der Waals surface area contributed by atoms with E-state index >= 15 is 0 Å². The average Bonchev–Trinajstić information content (AvgIpc) is 2.79. The standard InChI is InChI=1S/C13H19N3O3/c17-11(13(12(18)19)4-3-5-13)15-6-1-2-8-16-9-7-14-10-16/h7,9-10H,1-6,8H2,(H,15,17)(H,18,19). The molecule has 1 aliphatic carbocycles. The third-order valence-electron chi connectivity index (χ3n) is 3.74. The molecular formula is C13H19N3O3. The van der Waals surface area contributed by atoms with Gasteiger partial charge in [-0.05, 0) is 25.7 Å². The summed E-state index contributed by atoms with van der Waals surface area (Å²) < 4.78 is 1.98. The van der Waals surface area contributed by atoms with E-state index in [1.54, 1.807) is 12.5 Å². The summed E-state index contributed by atoms with van der Waals surface area (Å²) in [5.74, 6) is -1.32. The van der Waals surface area contributed by atoms with Crippen LogP contribution in [0.2, 0.25) is 0 Å². The molecule has 0 saturated heterocycles. The van der Waals surface area contributed by atoms with E-state index in [9.17, 15) is 9.59 Å². The lowest BCUT2D eigenvalue weighted by molar-refractivity contribution is -0.162. The molecule has 1 aromatic rings. The number of carboxylic acids is 1. The molecule has 0 bridgehead atoms. The maximum absolute atomic E-state index is 11.9. The largest absolute Gasteiger partial charge is 0.480 e. The van der Waals surface area contributed by atoms with Gasteiger partial charge in [-0.3, -0.25) is 9.59 Å². The van der Waals surface area contributed by atoms with Crippen LogP contribution < -0.4 is 5.32 Å². The smallest absolute Gasteiger partial charge is 0.319 e. The van der Waals surface area contributed by atoms with Crippen LogP contribution in [0.25, 0.3) is 0 Å². The second-order valence-corrected chi connectivity index (χ2v) is 5.00. The van der Waals surface area contributed by atoms with Gasteiger partial charge in [0.15, 0.2) is 0 Å². The van der Waals surface area contributed by atoms with E-state index < -0.39 is 11.4 Å². The maximum Gasteiger partial charge on any atom is 0.319 e. The number of nitrogens with zero attached hydrogens (tertiary/aromatic N) is 2. The zero-order valence-electron chi connectivity index (χ0n) is 10.8. The summed E-state index contributed by atoms with van der Waals surface area (Å²) >= 11 is 0. The summed E-state index contributed by atoms with van der Waals surface area (Å²) in [6.45, 7) is 1.39. The molecular weight excluding hydrogens is 246 g/mol. The van der Waals surface area contributed by atoms with Crippen molar-refractivity contribution in [3.63, 3.8) is 0 Å². The van der Waals surface area contributed by atoms with Crippen molar-refractivity contribution < 1.29 is 14.7 Å². The molecule has 6 heteroatoms. The fourth-order valence-electron chi connectivity index (χ4n) is 2.28. The van der Waals surface area contributed by atoms with Crippen LogP contribution in [0, 0.1) is 5.41 Å². The van der Waals surface area contributed by atoms with Gasteiger partial charge in [-0.1, -0.05) is 6.42 Å². The third kappa shape index (κ3) is 2.94. The first-order valence-corrected chi connectivity index (χ1v) is 6.62. The Bertz CT molecular complexity index is 438. The molecule has 104 valence electrons. The molecule has 19 heavy (non-hydrogen) atoms. The van der Waals surface area contributed by atoms with Crippen LogP contribution in [0.5, 0.6) is 0 Å². The fraction of sp³-hybridized carbons (Fsp3) is 0.615. The van der Waals surface area contributed by atoms with E-state index in [0.29, 0.717) is 19.4 Å². The lowest BCUT2D eigenvalue weighted by Gasteiger charge is -2.35. The Morgan fingerprint density at radius 1 is 1.37 bits per heavy atom. The Morgan fingerprint density at radius 3 is 2.68 bits per heavy atom. The highest BCUT2D eigenvalue weighted by atomic mass is 16.4. The number of amides is 1. The average molecular weight is 265 g/mol. The van der Waals surface area contributed by atoms with Crippen LogP contribution in [-0.4, -0.2) is 33.1 Å². The Kier molecular flexibility index (Phi) is 4.19. The lowest BCUT2D eigenvalue weighted by Crippen LogP contribution is -2.51. The van der Waals surface area contributed by atoms with Crippen LogP contribution in [0.1, 0.15) is 32.1 Å². The predicted octanol–water partition coefficient (Wildman–Crippen LogP) is 1.03. The topological polar surface area (TPSA) is 84.2 Å². The number of hydrogen-bond acceptors (Lipinski definition) is 3. The Balaban J connectivity index is 1.65. The van der Waals surface area contributed by atoms with Crippen molar-refractivity contribution in [1.82, 2.24) is 14.9 Å². The summed E-state index contributed by atoms with van der Waals surface area (Å²) in [4.78, 5) is 26.9. The highest BCUT2D eigenvalue weighted by Gasteiger charge is 2.50. The minimum Gasteiger partial charge on any atom is -0.480 e. The first kappa shape index (κ1) is 13.6. The molecule has 0 unspecified atom stereocenters. The number of carbonyl (C=O) groups excluding carboxylic acids is 1. The molecule has 1 aromatic heterocycles. The van der Waals surface area contributed by atoms with Crippen molar-refractivity contribution in [2.45, 2.75) is 38.6 Å². The summed E-state index contributed by atoms with van der Waals surface area (Å²) in [5, 5.41) is 11.9. The van der Waals surface area contributed by atoms with E-state index in [2.05, 4.69) is 10.3 Å². The van der Waals surface area contributed by atoms with Crippen molar-refractivity contribution in [1.29, 1.82) is 0 Å². The first-order valence-electron chi connectivity index (χ1n) is 6.62. The molecule has 0 spiro atoms. The van der Waals surface area contributed by atoms with Gasteiger partial charge in [0.25, 0.3) is 0 Å². The Morgan fingerprint density at radius 2 is 2.16 bits per heavy atom. The van der Waals surface area contributed by atoms with Gasteiger partial charge < -0.3 is 15.0 Å². The number of nitrogens with one attached hydrogen (secondary N) is 1. The van der Waals surface area contributed by atoms with Gasteiger partial charge >= 0.3 is 5.97 Å². The van der Waals surface area contributed by atoms with Crippen molar-refractivity contribution in [3.8, 4) is 0 Å². The van der Waals surface area contributed by atoms with Crippen molar-refractivity contribution in [2.24, 2.45) is 5.41 Å². The van der Waals surface area contributed by atoms with E-state index in [0.717, 1.165) is 25.8 Å². The number of rotatable bonds is 7. The van der Waals surface area contributed by atoms with Gasteiger partial charge in [0.05, 0.1) is 6.33 Å². The summed E-state index contributed by atoms with van der Waals surface area (Å²) in [7, 11) is 0. The molecule has 1 saturated carbocycles. The molecule has 6 nitrogen and oxygen atoms in total. The van der Waals surface area contributed by atoms with Crippen LogP contribution in [0.15, 0.2) is 18.7 Å².